The predicted octanol–water partition coefficient (Wildman–Crippen LogP) is 3.13. The molecule has 0 spiro atoms. The van der Waals surface area contributed by atoms with Gasteiger partial charge in [0.1, 0.15) is 0 Å². The van der Waals surface area contributed by atoms with E-state index in [4.69, 9.17) is 0 Å². The number of hydrogen-bond donors (Lipinski definition) is 0. The van der Waals surface area contributed by atoms with E-state index >= 15 is 0 Å². The van der Waals surface area contributed by atoms with Crippen LogP contribution in [-0.4, -0.2) is 10.9 Å². The lowest BCUT2D eigenvalue weighted by molar-refractivity contribution is 0.112. The first-order valence-corrected chi connectivity index (χ1v) is 5.12. The van der Waals surface area contributed by atoms with Crippen LogP contribution < -0.4 is 0 Å². The van der Waals surface area contributed by atoms with Gasteiger partial charge >= 0.3 is 0 Å². The van der Waals surface area contributed by atoms with Gasteiger partial charge in [-0.3, -0.25) is 4.79 Å². The van der Waals surface area contributed by atoms with E-state index in [-0.39, 0.29) is 0 Å². The maximum Gasteiger partial charge on any atom is 0.151 e. The van der Waals surface area contributed by atoms with E-state index in [0.717, 1.165) is 17.5 Å². The van der Waals surface area contributed by atoms with Crippen molar-refractivity contribution in [2.75, 3.05) is 0 Å². The highest BCUT2D eigenvalue weighted by Crippen LogP contribution is 2.24. The molecule has 1 unspecified atom stereocenters. The van der Waals surface area contributed by atoms with E-state index in [9.17, 15) is 4.79 Å². The highest BCUT2D eigenvalue weighted by atomic mass is 16.1. The Morgan fingerprint density at radius 3 is 2.21 bits per heavy atom. The lowest BCUT2D eigenvalue weighted by Gasteiger charge is -2.21. The van der Waals surface area contributed by atoms with Gasteiger partial charge in [0.25, 0.3) is 0 Å². The van der Waals surface area contributed by atoms with Crippen LogP contribution in [0, 0.1) is 19.8 Å². The van der Waals surface area contributed by atoms with Crippen LogP contribution >= 0.6 is 0 Å². The highest BCUT2D eigenvalue weighted by molar-refractivity contribution is 5.77. The molecule has 1 heterocycles. The number of hydrogen-bond acceptors (Lipinski definition) is 1. The number of aromatic nitrogens is 1. The molecule has 0 saturated heterocycles. The molecule has 0 fully saturated rings. The van der Waals surface area contributed by atoms with Crippen molar-refractivity contribution in [2.24, 2.45) is 5.92 Å². The maximum absolute atomic E-state index is 10.8. The molecule has 0 aromatic carbocycles. The topological polar surface area (TPSA) is 22.0 Å². The molecule has 2 nitrogen and oxygen atoms in total. The van der Waals surface area contributed by atoms with Gasteiger partial charge in [0, 0.05) is 23.0 Å². The van der Waals surface area contributed by atoms with Gasteiger partial charge < -0.3 is 4.57 Å². The molecule has 14 heavy (non-hydrogen) atoms. The third-order valence-electron chi connectivity index (χ3n) is 3.02. The molecule has 1 rings (SSSR count). The number of nitrogens with zero attached hydrogens (tertiary/aromatic N) is 1. The first-order valence-electron chi connectivity index (χ1n) is 5.12. The minimum absolute atomic E-state index is 0.448. The summed E-state index contributed by atoms with van der Waals surface area (Å²) in [5.41, 5.74) is 3.07. The summed E-state index contributed by atoms with van der Waals surface area (Å²) in [5, 5.41) is 0. The summed E-state index contributed by atoms with van der Waals surface area (Å²) < 4.78 is 2.24. The summed E-state index contributed by atoms with van der Waals surface area (Å²) in [5.74, 6) is 0.583. The summed E-state index contributed by atoms with van der Waals surface area (Å²) >= 11 is 0. The lowest BCUT2D eigenvalue weighted by Crippen LogP contribution is -2.14. The summed E-state index contributed by atoms with van der Waals surface area (Å²) in [7, 11) is 0. The Labute approximate surface area is 85.9 Å². The Kier molecular flexibility index (Phi) is 3.14. The Balaban J connectivity index is 3.20. The summed E-state index contributed by atoms with van der Waals surface area (Å²) in [6, 6.07) is 2.41. The van der Waals surface area contributed by atoms with E-state index in [0.29, 0.717) is 12.0 Å². The zero-order chi connectivity index (χ0) is 10.9. The van der Waals surface area contributed by atoms with Crippen LogP contribution in [0.5, 0.6) is 0 Å². The van der Waals surface area contributed by atoms with Gasteiger partial charge in [-0.2, -0.15) is 0 Å². The van der Waals surface area contributed by atoms with Gasteiger partial charge in [-0.05, 0) is 32.8 Å². The lowest BCUT2D eigenvalue weighted by atomic mass is 10.1. The molecule has 2 heteroatoms. The zero-order valence-corrected chi connectivity index (χ0v) is 9.66. The molecule has 1 atom stereocenters. The molecule has 0 aliphatic heterocycles. The van der Waals surface area contributed by atoms with E-state index in [2.05, 4.69) is 32.3 Å². The molecule has 0 saturated carbocycles. The summed E-state index contributed by atoms with van der Waals surface area (Å²) in [4.78, 5) is 10.8. The molecule has 0 aliphatic rings. The van der Waals surface area contributed by atoms with E-state index in [1.807, 2.05) is 13.0 Å². The quantitative estimate of drug-likeness (QED) is 0.676. The van der Waals surface area contributed by atoms with Gasteiger partial charge in [-0.25, -0.2) is 0 Å². The third-order valence-corrected chi connectivity index (χ3v) is 3.02. The Morgan fingerprint density at radius 1 is 1.29 bits per heavy atom. The number of rotatable bonds is 3. The molecule has 1 aromatic heterocycles. The average molecular weight is 193 g/mol. The number of aldehydes is 1. The second kappa shape index (κ2) is 3.99. The first kappa shape index (κ1) is 11.0. The third kappa shape index (κ3) is 1.74. The number of carbonyl (C=O) groups is 1. The van der Waals surface area contributed by atoms with Crippen molar-refractivity contribution in [1.29, 1.82) is 0 Å². The fraction of sp³-hybridized carbons (Fsp3) is 0.583. The normalized spacial score (nSPS) is 13.3. The minimum Gasteiger partial charge on any atom is -0.345 e. The molecule has 0 radical (unpaired) electrons. The second-order valence-corrected chi connectivity index (χ2v) is 4.30. The molecule has 1 aromatic rings. The van der Waals surface area contributed by atoms with Crippen LogP contribution in [0.25, 0.3) is 0 Å². The predicted molar refractivity (Wildman–Crippen MR) is 58.8 cm³/mol. The highest BCUT2D eigenvalue weighted by Gasteiger charge is 2.15. The minimum atomic E-state index is 0.448. The van der Waals surface area contributed by atoms with Gasteiger partial charge in [0.2, 0.25) is 0 Å². The zero-order valence-electron chi connectivity index (χ0n) is 9.66. The van der Waals surface area contributed by atoms with Crippen molar-refractivity contribution in [3.8, 4) is 0 Å². The van der Waals surface area contributed by atoms with Crippen molar-refractivity contribution in [1.82, 2.24) is 4.57 Å². The van der Waals surface area contributed by atoms with E-state index in [1.54, 1.807) is 0 Å². The van der Waals surface area contributed by atoms with Gasteiger partial charge in [0.05, 0.1) is 0 Å². The van der Waals surface area contributed by atoms with Crippen molar-refractivity contribution >= 4 is 6.29 Å². The largest absolute Gasteiger partial charge is 0.345 e. The molecule has 0 N–H and O–H groups in total. The van der Waals surface area contributed by atoms with Crippen molar-refractivity contribution < 1.29 is 4.79 Å². The first-order chi connectivity index (χ1) is 6.49. The van der Waals surface area contributed by atoms with Gasteiger partial charge in [-0.15, -0.1) is 0 Å². The van der Waals surface area contributed by atoms with Crippen LogP contribution in [0.2, 0.25) is 0 Å². The smallest absolute Gasteiger partial charge is 0.151 e. The van der Waals surface area contributed by atoms with Gasteiger partial charge in [-0.1, -0.05) is 13.8 Å². The van der Waals surface area contributed by atoms with Crippen LogP contribution in [-0.2, 0) is 0 Å². The van der Waals surface area contributed by atoms with Crippen LogP contribution in [0.4, 0.5) is 0 Å². The summed E-state index contributed by atoms with van der Waals surface area (Å²) in [6.45, 7) is 10.7. The molecular formula is C12H19NO. The summed E-state index contributed by atoms with van der Waals surface area (Å²) in [6.07, 6.45) is 0.936. The second-order valence-electron chi connectivity index (χ2n) is 4.30. The molecular weight excluding hydrogens is 174 g/mol. The Bertz CT molecular complexity index is 336. The molecule has 0 bridgehead atoms. The van der Waals surface area contributed by atoms with Crippen molar-refractivity contribution in [2.45, 2.75) is 40.7 Å². The number of carbonyl (C=O) groups excluding carboxylic acids is 1. The molecule has 0 amide bonds. The monoisotopic (exact) mass is 193 g/mol. The number of aryl methyl sites for hydroxylation is 1. The average Bonchev–Trinajstić information content (AvgIpc) is 2.40. The fourth-order valence-electron chi connectivity index (χ4n) is 1.85. The Morgan fingerprint density at radius 2 is 1.86 bits per heavy atom. The standard InChI is InChI=1S/C12H19NO/c1-8(2)10(4)13-9(3)6-12(7-14)11(13)5/h6-8,10H,1-5H3. The van der Waals surface area contributed by atoms with Crippen molar-refractivity contribution in [3.05, 3.63) is 23.0 Å². The Hall–Kier alpha value is -1.05. The van der Waals surface area contributed by atoms with Crippen molar-refractivity contribution in [3.63, 3.8) is 0 Å². The molecule has 0 aliphatic carbocycles. The van der Waals surface area contributed by atoms with Crippen LogP contribution in [0.15, 0.2) is 6.07 Å². The van der Waals surface area contributed by atoms with Crippen LogP contribution in [0.3, 0.4) is 0 Å². The fourth-order valence-corrected chi connectivity index (χ4v) is 1.85. The SMILES string of the molecule is Cc1cc(C=O)c(C)n1C(C)C(C)C. The maximum atomic E-state index is 10.8. The molecule has 78 valence electrons. The van der Waals surface area contributed by atoms with Crippen LogP contribution in [0.1, 0.15) is 48.6 Å². The van der Waals surface area contributed by atoms with Gasteiger partial charge in [0.15, 0.2) is 6.29 Å². The van der Waals surface area contributed by atoms with E-state index < -0.39 is 0 Å². The van der Waals surface area contributed by atoms with E-state index in [1.165, 1.54) is 5.69 Å².